The molecule has 0 N–H and O–H groups in total. The smallest absolute Gasteiger partial charge is 0.306 e. The summed E-state index contributed by atoms with van der Waals surface area (Å²) in [6.07, 6.45) is 43.8. The standard InChI is InChI=1S/C49H94O6/c1-5-7-9-11-13-15-17-19-20-21-22-24-25-27-32-36-40-47(50)53-43-46(44-54-48(51)41-37-33-30-29-31-35-39-45(3)4)55-49(52)42-38-34-28-26-23-18-16-14-12-10-8-6-2/h45-46H,5-44H2,1-4H3/t46-/m1/s1. The molecule has 0 heterocycles. The van der Waals surface area contributed by atoms with E-state index in [0.717, 1.165) is 63.7 Å². The average molecular weight is 779 g/mol. The third kappa shape index (κ3) is 43.4. The molecular weight excluding hydrogens is 685 g/mol. The predicted octanol–water partition coefficient (Wildman–Crippen LogP) is 15.5. The van der Waals surface area contributed by atoms with Crippen molar-refractivity contribution in [1.82, 2.24) is 0 Å². The highest BCUT2D eigenvalue weighted by Crippen LogP contribution is 2.16. The third-order valence-corrected chi connectivity index (χ3v) is 11.0. The Morgan fingerprint density at radius 1 is 0.345 bits per heavy atom. The van der Waals surface area contributed by atoms with Gasteiger partial charge in [0.1, 0.15) is 13.2 Å². The Bertz CT molecular complexity index is 826. The number of carbonyl (C=O) groups is 3. The van der Waals surface area contributed by atoms with E-state index in [9.17, 15) is 14.4 Å². The zero-order chi connectivity index (χ0) is 40.3. The second-order valence-corrected chi connectivity index (χ2v) is 17.2. The Morgan fingerprint density at radius 2 is 0.600 bits per heavy atom. The molecule has 6 heteroatoms. The molecule has 0 amide bonds. The van der Waals surface area contributed by atoms with Crippen LogP contribution in [0.1, 0.15) is 272 Å². The molecule has 0 rings (SSSR count). The van der Waals surface area contributed by atoms with Gasteiger partial charge in [-0.05, 0) is 25.2 Å². The fourth-order valence-electron chi connectivity index (χ4n) is 7.33. The van der Waals surface area contributed by atoms with Crippen molar-refractivity contribution in [3.8, 4) is 0 Å². The Balaban J connectivity index is 4.27. The van der Waals surface area contributed by atoms with Gasteiger partial charge in [0.05, 0.1) is 0 Å². The van der Waals surface area contributed by atoms with Gasteiger partial charge in [-0.25, -0.2) is 0 Å². The van der Waals surface area contributed by atoms with Crippen molar-refractivity contribution in [1.29, 1.82) is 0 Å². The number of unbranched alkanes of at least 4 members (excludes halogenated alkanes) is 31. The van der Waals surface area contributed by atoms with E-state index in [2.05, 4.69) is 27.7 Å². The van der Waals surface area contributed by atoms with Crippen LogP contribution >= 0.6 is 0 Å². The van der Waals surface area contributed by atoms with Crippen molar-refractivity contribution in [3.05, 3.63) is 0 Å². The normalized spacial score (nSPS) is 11.9. The van der Waals surface area contributed by atoms with E-state index in [0.29, 0.717) is 19.3 Å². The quantitative estimate of drug-likeness (QED) is 0.0348. The molecule has 0 aromatic heterocycles. The van der Waals surface area contributed by atoms with Gasteiger partial charge in [0, 0.05) is 19.3 Å². The minimum Gasteiger partial charge on any atom is -0.462 e. The van der Waals surface area contributed by atoms with Crippen LogP contribution in [-0.4, -0.2) is 37.2 Å². The number of hydrogen-bond donors (Lipinski definition) is 0. The SMILES string of the molecule is CCCCCCCCCCCCCCCCCCC(=O)OC[C@H](COC(=O)CCCCCCCCC(C)C)OC(=O)CCCCCCCCCCCCCC. The molecule has 326 valence electrons. The molecular formula is C49H94O6. The van der Waals surface area contributed by atoms with E-state index in [1.165, 1.54) is 167 Å². The first-order valence-corrected chi connectivity index (χ1v) is 24.4. The van der Waals surface area contributed by atoms with Crippen LogP contribution in [0.5, 0.6) is 0 Å². The van der Waals surface area contributed by atoms with Gasteiger partial charge in [0.25, 0.3) is 0 Å². The maximum absolute atomic E-state index is 12.7. The van der Waals surface area contributed by atoms with E-state index in [4.69, 9.17) is 14.2 Å². The van der Waals surface area contributed by atoms with E-state index in [-0.39, 0.29) is 31.1 Å². The second-order valence-electron chi connectivity index (χ2n) is 17.2. The van der Waals surface area contributed by atoms with Crippen LogP contribution < -0.4 is 0 Å². The highest BCUT2D eigenvalue weighted by atomic mass is 16.6. The summed E-state index contributed by atoms with van der Waals surface area (Å²) >= 11 is 0. The van der Waals surface area contributed by atoms with Gasteiger partial charge in [-0.3, -0.25) is 14.4 Å². The van der Waals surface area contributed by atoms with Crippen molar-refractivity contribution >= 4 is 17.9 Å². The zero-order valence-corrected chi connectivity index (χ0v) is 37.4. The Morgan fingerprint density at radius 3 is 0.891 bits per heavy atom. The lowest BCUT2D eigenvalue weighted by Crippen LogP contribution is -2.30. The molecule has 0 aromatic rings. The number of hydrogen-bond acceptors (Lipinski definition) is 6. The molecule has 0 spiro atoms. The molecule has 0 aromatic carbocycles. The molecule has 55 heavy (non-hydrogen) atoms. The van der Waals surface area contributed by atoms with Crippen molar-refractivity contribution in [2.75, 3.05) is 13.2 Å². The fourth-order valence-corrected chi connectivity index (χ4v) is 7.33. The molecule has 0 aliphatic heterocycles. The molecule has 0 aliphatic carbocycles. The largest absolute Gasteiger partial charge is 0.462 e. The molecule has 0 saturated carbocycles. The average Bonchev–Trinajstić information content (AvgIpc) is 3.17. The second kappa shape index (κ2) is 43.5. The summed E-state index contributed by atoms with van der Waals surface area (Å²) in [4.78, 5) is 37.7. The molecule has 0 aliphatic rings. The van der Waals surface area contributed by atoms with E-state index >= 15 is 0 Å². The van der Waals surface area contributed by atoms with Gasteiger partial charge in [0.2, 0.25) is 0 Å². The fraction of sp³-hybridized carbons (Fsp3) is 0.939. The minimum atomic E-state index is -0.760. The lowest BCUT2D eigenvalue weighted by Gasteiger charge is -2.18. The van der Waals surface area contributed by atoms with Crippen LogP contribution in [0.15, 0.2) is 0 Å². The third-order valence-electron chi connectivity index (χ3n) is 11.0. The minimum absolute atomic E-state index is 0.0640. The topological polar surface area (TPSA) is 78.9 Å². The van der Waals surface area contributed by atoms with E-state index in [1.54, 1.807) is 0 Å². The highest BCUT2D eigenvalue weighted by Gasteiger charge is 2.19. The lowest BCUT2D eigenvalue weighted by atomic mass is 10.0. The summed E-state index contributed by atoms with van der Waals surface area (Å²) in [6, 6.07) is 0. The molecule has 0 fully saturated rings. The zero-order valence-electron chi connectivity index (χ0n) is 37.4. The number of ether oxygens (including phenoxy) is 3. The Hall–Kier alpha value is -1.59. The maximum atomic E-state index is 12.7. The lowest BCUT2D eigenvalue weighted by molar-refractivity contribution is -0.167. The van der Waals surface area contributed by atoms with Gasteiger partial charge >= 0.3 is 17.9 Å². The van der Waals surface area contributed by atoms with Gasteiger partial charge in [-0.15, -0.1) is 0 Å². The Labute approximate surface area is 342 Å². The van der Waals surface area contributed by atoms with Gasteiger partial charge in [-0.1, -0.05) is 233 Å². The molecule has 0 bridgehead atoms. The molecule has 6 nitrogen and oxygen atoms in total. The van der Waals surface area contributed by atoms with Crippen molar-refractivity contribution in [2.24, 2.45) is 5.92 Å². The number of esters is 3. The van der Waals surface area contributed by atoms with Crippen LogP contribution in [0.3, 0.4) is 0 Å². The maximum Gasteiger partial charge on any atom is 0.306 e. The molecule has 0 radical (unpaired) electrons. The Kier molecular flexibility index (Phi) is 42.3. The monoisotopic (exact) mass is 779 g/mol. The van der Waals surface area contributed by atoms with Crippen LogP contribution in [0.2, 0.25) is 0 Å². The molecule has 1 atom stereocenters. The summed E-state index contributed by atoms with van der Waals surface area (Å²) in [5.74, 6) is -0.0905. The van der Waals surface area contributed by atoms with Crippen molar-refractivity contribution in [3.63, 3.8) is 0 Å². The van der Waals surface area contributed by atoms with Crippen LogP contribution in [0, 0.1) is 5.92 Å². The predicted molar refractivity (Wildman–Crippen MR) is 233 cm³/mol. The van der Waals surface area contributed by atoms with Crippen molar-refractivity contribution < 1.29 is 28.6 Å². The summed E-state index contributed by atoms with van der Waals surface area (Å²) in [7, 11) is 0. The van der Waals surface area contributed by atoms with E-state index in [1.807, 2.05) is 0 Å². The first-order chi connectivity index (χ1) is 26.9. The summed E-state index contributed by atoms with van der Waals surface area (Å²) in [5.41, 5.74) is 0. The van der Waals surface area contributed by atoms with Crippen LogP contribution in [-0.2, 0) is 28.6 Å². The van der Waals surface area contributed by atoms with Gasteiger partial charge in [0.15, 0.2) is 6.10 Å². The molecule has 0 unspecified atom stereocenters. The number of rotatable bonds is 44. The van der Waals surface area contributed by atoms with E-state index < -0.39 is 6.10 Å². The highest BCUT2D eigenvalue weighted by molar-refractivity contribution is 5.71. The first-order valence-electron chi connectivity index (χ1n) is 24.4. The number of carbonyl (C=O) groups excluding carboxylic acids is 3. The summed E-state index contributed by atoms with van der Waals surface area (Å²) in [6.45, 7) is 8.94. The molecule has 0 saturated heterocycles. The van der Waals surface area contributed by atoms with Crippen LogP contribution in [0.4, 0.5) is 0 Å². The van der Waals surface area contributed by atoms with Crippen molar-refractivity contribution in [2.45, 2.75) is 278 Å². The van der Waals surface area contributed by atoms with Gasteiger partial charge < -0.3 is 14.2 Å². The van der Waals surface area contributed by atoms with Crippen LogP contribution in [0.25, 0.3) is 0 Å². The van der Waals surface area contributed by atoms with Gasteiger partial charge in [-0.2, -0.15) is 0 Å². The first kappa shape index (κ1) is 53.4. The summed E-state index contributed by atoms with van der Waals surface area (Å²) < 4.78 is 16.7. The summed E-state index contributed by atoms with van der Waals surface area (Å²) in [5, 5.41) is 0.